The zero-order chi connectivity index (χ0) is 13.7. The Kier molecular flexibility index (Phi) is 4.61. The lowest BCUT2D eigenvalue weighted by Gasteiger charge is -2.05. The fourth-order valence-corrected chi connectivity index (χ4v) is 2.24. The van der Waals surface area contributed by atoms with E-state index < -0.39 is 7.12 Å². The van der Waals surface area contributed by atoms with Crippen molar-refractivity contribution in [3.8, 4) is 0 Å². The van der Waals surface area contributed by atoms with Gasteiger partial charge in [0.1, 0.15) is 0 Å². The van der Waals surface area contributed by atoms with Crippen LogP contribution in [-0.4, -0.2) is 21.7 Å². The van der Waals surface area contributed by atoms with Crippen molar-refractivity contribution in [2.24, 2.45) is 0 Å². The van der Waals surface area contributed by atoms with Crippen LogP contribution in [0.4, 0.5) is 5.69 Å². The second-order valence-corrected chi connectivity index (χ2v) is 4.69. The highest BCUT2D eigenvalue weighted by Crippen LogP contribution is 2.22. The third kappa shape index (κ3) is 3.60. The van der Waals surface area contributed by atoms with Crippen molar-refractivity contribution in [1.29, 1.82) is 0 Å². The van der Waals surface area contributed by atoms with Gasteiger partial charge >= 0.3 is 7.12 Å². The SMILES string of the molecule is [C-]#[N+]c1ccc2c(ccn2CCCCCB(O)O)c1. The van der Waals surface area contributed by atoms with Crippen molar-refractivity contribution in [1.82, 2.24) is 4.57 Å². The van der Waals surface area contributed by atoms with Gasteiger partial charge in [-0.2, -0.15) is 0 Å². The molecule has 1 aromatic heterocycles. The van der Waals surface area contributed by atoms with Gasteiger partial charge in [0, 0.05) is 18.3 Å². The van der Waals surface area contributed by atoms with E-state index in [4.69, 9.17) is 16.6 Å². The number of unbranched alkanes of at least 4 members (excludes halogenated alkanes) is 2. The monoisotopic (exact) mass is 256 g/mol. The molecule has 0 fully saturated rings. The van der Waals surface area contributed by atoms with E-state index in [2.05, 4.69) is 9.41 Å². The summed E-state index contributed by atoms with van der Waals surface area (Å²) in [6.45, 7) is 7.91. The first-order chi connectivity index (χ1) is 9.20. The number of hydrogen-bond donors (Lipinski definition) is 2. The summed E-state index contributed by atoms with van der Waals surface area (Å²) < 4.78 is 2.18. The van der Waals surface area contributed by atoms with Gasteiger partial charge < -0.3 is 14.6 Å². The van der Waals surface area contributed by atoms with Crippen LogP contribution in [0.5, 0.6) is 0 Å². The van der Waals surface area contributed by atoms with Gasteiger partial charge in [-0.05, 0) is 36.3 Å². The van der Waals surface area contributed by atoms with Gasteiger partial charge in [-0.25, -0.2) is 4.85 Å². The molecule has 1 heterocycles. The van der Waals surface area contributed by atoms with Crippen molar-refractivity contribution in [3.63, 3.8) is 0 Å². The smallest absolute Gasteiger partial charge is 0.427 e. The number of rotatable bonds is 6. The molecule has 0 saturated heterocycles. The maximum atomic E-state index is 8.75. The average Bonchev–Trinajstić information content (AvgIpc) is 2.80. The van der Waals surface area contributed by atoms with Crippen LogP contribution in [0, 0.1) is 6.57 Å². The van der Waals surface area contributed by atoms with E-state index in [1.807, 2.05) is 30.5 Å². The first kappa shape index (κ1) is 13.7. The Morgan fingerprint density at radius 2 is 2.00 bits per heavy atom. The second-order valence-electron chi connectivity index (χ2n) is 4.69. The predicted molar refractivity (Wildman–Crippen MR) is 77.0 cm³/mol. The molecule has 0 aliphatic carbocycles. The second kappa shape index (κ2) is 6.42. The molecule has 19 heavy (non-hydrogen) atoms. The van der Waals surface area contributed by atoms with Crippen LogP contribution >= 0.6 is 0 Å². The Morgan fingerprint density at radius 3 is 2.74 bits per heavy atom. The minimum absolute atomic E-state index is 0.445. The zero-order valence-corrected chi connectivity index (χ0v) is 10.8. The van der Waals surface area contributed by atoms with E-state index in [0.29, 0.717) is 12.0 Å². The molecular weight excluding hydrogens is 239 g/mol. The first-order valence-electron chi connectivity index (χ1n) is 6.53. The third-order valence-electron chi connectivity index (χ3n) is 3.25. The molecule has 4 nitrogen and oxygen atoms in total. The maximum Gasteiger partial charge on any atom is 0.451 e. The summed E-state index contributed by atoms with van der Waals surface area (Å²) in [7, 11) is -1.18. The van der Waals surface area contributed by atoms with Gasteiger partial charge in [0.05, 0.1) is 6.57 Å². The molecule has 0 atom stereocenters. The lowest BCUT2D eigenvalue weighted by Crippen LogP contribution is -2.09. The molecule has 5 heteroatoms. The quantitative estimate of drug-likeness (QED) is 0.474. The topological polar surface area (TPSA) is 49.8 Å². The van der Waals surface area contributed by atoms with Crippen molar-refractivity contribution in [2.75, 3.05) is 0 Å². The van der Waals surface area contributed by atoms with Crippen LogP contribution in [0.2, 0.25) is 6.32 Å². The summed E-state index contributed by atoms with van der Waals surface area (Å²) in [5, 5.41) is 18.6. The molecule has 2 rings (SSSR count). The number of benzene rings is 1. The predicted octanol–water partition coefficient (Wildman–Crippen LogP) is 2.84. The molecule has 0 unspecified atom stereocenters. The molecule has 0 spiro atoms. The summed E-state index contributed by atoms with van der Waals surface area (Å²) in [4.78, 5) is 3.43. The molecule has 0 bridgehead atoms. The highest BCUT2D eigenvalue weighted by atomic mass is 16.4. The van der Waals surface area contributed by atoms with E-state index >= 15 is 0 Å². The Morgan fingerprint density at radius 1 is 1.16 bits per heavy atom. The highest BCUT2D eigenvalue weighted by Gasteiger charge is 2.05. The van der Waals surface area contributed by atoms with Crippen molar-refractivity contribution in [3.05, 3.63) is 41.9 Å². The summed E-state index contributed by atoms with van der Waals surface area (Å²) in [5.74, 6) is 0. The van der Waals surface area contributed by atoms with Gasteiger partial charge in [-0.3, -0.25) is 0 Å². The Balaban J connectivity index is 1.93. The van der Waals surface area contributed by atoms with Crippen LogP contribution in [0.1, 0.15) is 19.3 Å². The number of nitrogens with zero attached hydrogens (tertiary/aromatic N) is 2. The van der Waals surface area contributed by atoms with Crippen LogP contribution in [-0.2, 0) is 6.54 Å². The fourth-order valence-electron chi connectivity index (χ4n) is 2.24. The molecule has 2 aromatic rings. The summed E-state index contributed by atoms with van der Waals surface area (Å²) in [6, 6.07) is 7.76. The van der Waals surface area contributed by atoms with E-state index in [0.717, 1.165) is 36.7 Å². The lowest BCUT2D eigenvalue weighted by molar-refractivity contribution is 0.401. The number of aryl methyl sites for hydroxylation is 1. The van der Waals surface area contributed by atoms with Crippen LogP contribution in [0.3, 0.4) is 0 Å². The summed E-state index contributed by atoms with van der Waals surface area (Å²) in [5.41, 5.74) is 1.82. The normalized spacial score (nSPS) is 10.6. The molecular formula is C14H17BN2O2. The number of hydrogen-bond acceptors (Lipinski definition) is 2. The van der Waals surface area contributed by atoms with E-state index in [9.17, 15) is 0 Å². The maximum absolute atomic E-state index is 8.75. The molecule has 0 aliphatic rings. The van der Waals surface area contributed by atoms with Gasteiger partial charge in [-0.15, -0.1) is 0 Å². The molecule has 0 amide bonds. The Hall–Kier alpha value is -1.77. The van der Waals surface area contributed by atoms with E-state index in [-0.39, 0.29) is 0 Å². The fraction of sp³-hybridized carbons (Fsp3) is 0.357. The van der Waals surface area contributed by atoms with Gasteiger partial charge in [0.15, 0.2) is 5.69 Å². The largest absolute Gasteiger partial charge is 0.451 e. The van der Waals surface area contributed by atoms with Crippen molar-refractivity contribution in [2.45, 2.75) is 32.1 Å². The van der Waals surface area contributed by atoms with Gasteiger partial charge in [0.2, 0.25) is 0 Å². The van der Waals surface area contributed by atoms with Crippen LogP contribution in [0.15, 0.2) is 30.5 Å². The van der Waals surface area contributed by atoms with E-state index in [1.54, 1.807) is 0 Å². The Bertz CT molecular complexity index is 587. The molecule has 0 aliphatic heterocycles. The lowest BCUT2D eigenvalue weighted by atomic mass is 9.83. The van der Waals surface area contributed by atoms with Crippen molar-refractivity contribution >= 4 is 23.7 Å². The van der Waals surface area contributed by atoms with Crippen LogP contribution in [0.25, 0.3) is 15.7 Å². The minimum Gasteiger partial charge on any atom is -0.427 e. The van der Waals surface area contributed by atoms with Crippen molar-refractivity contribution < 1.29 is 10.0 Å². The number of aromatic nitrogens is 1. The first-order valence-corrected chi connectivity index (χ1v) is 6.53. The number of fused-ring (bicyclic) bond motifs is 1. The van der Waals surface area contributed by atoms with Gasteiger partial charge in [-0.1, -0.05) is 18.9 Å². The Labute approximate surface area is 113 Å². The van der Waals surface area contributed by atoms with Gasteiger partial charge in [0.25, 0.3) is 0 Å². The summed E-state index contributed by atoms with van der Waals surface area (Å²) in [6.07, 6.45) is 5.32. The standard InChI is InChI=1S/C14H17BN2O2/c1-16-13-5-6-14-12(11-13)7-10-17(14)9-4-2-3-8-15(18)19/h5-7,10-11,18-19H,2-4,8-9H2. The summed E-state index contributed by atoms with van der Waals surface area (Å²) >= 11 is 0. The molecule has 1 aromatic carbocycles. The minimum atomic E-state index is -1.18. The molecule has 0 radical (unpaired) electrons. The zero-order valence-electron chi connectivity index (χ0n) is 10.8. The average molecular weight is 256 g/mol. The third-order valence-corrected chi connectivity index (χ3v) is 3.25. The molecule has 0 saturated carbocycles. The van der Waals surface area contributed by atoms with Crippen LogP contribution < -0.4 is 0 Å². The van der Waals surface area contributed by atoms with E-state index in [1.165, 1.54) is 0 Å². The molecule has 98 valence electrons. The molecule has 2 N–H and O–H groups in total. The highest BCUT2D eigenvalue weighted by molar-refractivity contribution is 6.40.